The Hall–Kier alpha value is -2.28. The topological polar surface area (TPSA) is 50.2 Å². The molecule has 1 fully saturated rings. The van der Waals surface area contributed by atoms with Crippen LogP contribution in [0.2, 0.25) is 0 Å². The highest BCUT2D eigenvalue weighted by molar-refractivity contribution is 6.00. The van der Waals surface area contributed by atoms with Crippen LogP contribution in [0.15, 0.2) is 24.4 Å². The molecule has 1 saturated heterocycles. The molecule has 1 amide bonds. The Morgan fingerprint density at radius 2 is 2.12 bits per heavy atom. The van der Waals surface area contributed by atoms with Gasteiger partial charge in [0.25, 0.3) is 5.91 Å². The van der Waals surface area contributed by atoms with Crippen molar-refractivity contribution in [1.82, 2.24) is 20.0 Å². The van der Waals surface area contributed by atoms with Gasteiger partial charge in [-0.15, -0.1) is 0 Å². The number of nitrogens with one attached hydrogen (secondary N) is 1. The zero-order valence-corrected chi connectivity index (χ0v) is 14.6. The lowest BCUT2D eigenvalue weighted by Gasteiger charge is -2.20. The predicted octanol–water partition coefficient (Wildman–Crippen LogP) is 2.58. The van der Waals surface area contributed by atoms with E-state index in [0.717, 1.165) is 31.6 Å². The molecule has 1 aromatic carbocycles. The number of aryl methyl sites for hydroxylation is 1. The zero-order chi connectivity index (χ0) is 18.1. The molecular weight excluding hydrogens is 326 g/mol. The third-order valence-corrected chi connectivity index (χ3v) is 4.54. The second-order valence-electron chi connectivity index (χ2n) is 6.74. The molecular formula is C18H22F2N4O. The summed E-state index contributed by atoms with van der Waals surface area (Å²) >= 11 is 0. The third-order valence-electron chi connectivity index (χ3n) is 4.54. The summed E-state index contributed by atoms with van der Waals surface area (Å²) in [6.45, 7) is 5.99. The fourth-order valence-corrected chi connectivity index (χ4v) is 3.17. The largest absolute Gasteiger partial charge is 0.348 e. The Bertz CT molecular complexity index is 787. The monoisotopic (exact) mass is 348 g/mol. The van der Waals surface area contributed by atoms with Gasteiger partial charge >= 0.3 is 0 Å². The lowest BCUT2D eigenvalue weighted by atomic mass is 10.1. The Morgan fingerprint density at radius 3 is 2.76 bits per heavy atom. The second kappa shape index (κ2) is 6.92. The van der Waals surface area contributed by atoms with Crippen molar-refractivity contribution < 1.29 is 13.6 Å². The molecule has 5 nitrogen and oxygen atoms in total. The average molecular weight is 348 g/mol. The highest BCUT2D eigenvalue weighted by Crippen LogP contribution is 2.26. The number of aromatic nitrogens is 2. The van der Waals surface area contributed by atoms with Crippen molar-refractivity contribution in [3.05, 3.63) is 41.6 Å². The number of benzene rings is 1. The van der Waals surface area contributed by atoms with Gasteiger partial charge in [-0.3, -0.25) is 14.4 Å². The van der Waals surface area contributed by atoms with Gasteiger partial charge in [-0.05, 0) is 32.4 Å². The van der Waals surface area contributed by atoms with E-state index in [-0.39, 0.29) is 28.8 Å². The SMILES string of the molecule is CC(C)N1CC[C@H](NC(=O)c2cn(C)nc2-c2ccc(F)cc2F)C1. The second-order valence-corrected chi connectivity index (χ2v) is 6.74. The average Bonchev–Trinajstić information content (AvgIpc) is 3.14. The molecule has 1 aliphatic rings. The van der Waals surface area contributed by atoms with Crippen LogP contribution in [0.3, 0.4) is 0 Å². The van der Waals surface area contributed by atoms with Crippen LogP contribution in [0.5, 0.6) is 0 Å². The Kier molecular flexibility index (Phi) is 4.85. The minimum absolute atomic E-state index is 0.0565. The number of carbonyl (C=O) groups excluding carboxylic acids is 1. The lowest BCUT2D eigenvalue weighted by Crippen LogP contribution is -2.38. The van der Waals surface area contributed by atoms with Crippen LogP contribution in [-0.4, -0.2) is 45.8 Å². The molecule has 0 spiro atoms. The van der Waals surface area contributed by atoms with Crippen molar-refractivity contribution in [2.75, 3.05) is 13.1 Å². The van der Waals surface area contributed by atoms with E-state index < -0.39 is 11.6 Å². The fraction of sp³-hybridized carbons (Fsp3) is 0.444. The summed E-state index contributed by atoms with van der Waals surface area (Å²) < 4.78 is 28.7. The van der Waals surface area contributed by atoms with Crippen molar-refractivity contribution in [2.45, 2.75) is 32.4 Å². The lowest BCUT2D eigenvalue weighted by molar-refractivity contribution is 0.0937. The summed E-state index contributed by atoms with van der Waals surface area (Å²) in [7, 11) is 1.66. The molecule has 0 aliphatic carbocycles. The Morgan fingerprint density at radius 1 is 1.36 bits per heavy atom. The van der Waals surface area contributed by atoms with Gasteiger partial charge in [0.2, 0.25) is 0 Å². The van der Waals surface area contributed by atoms with Crippen molar-refractivity contribution in [1.29, 1.82) is 0 Å². The molecule has 7 heteroatoms. The molecule has 0 radical (unpaired) electrons. The molecule has 1 aliphatic heterocycles. The van der Waals surface area contributed by atoms with E-state index in [9.17, 15) is 13.6 Å². The van der Waals surface area contributed by atoms with Gasteiger partial charge in [0.15, 0.2) is 0 Å². The molecule has 3 rings (SSSR count). The van der Waals surface area contributed by atoms with Crippen LogP contribution in [0.1, 0.15) is 30.6 Å². The van der Waals surface area contributed by atoms with Gasteiger partial charge < -0.3 is 5.32 Å². The van der Waals surface area contributed by atoms with Crippen molar-refractivity contribution in [3.63, 3.8) is 0 Å². The maximum absolute atomic E-state index is 14.1. The molecule has 0 bridgehead atoms. The minimum atomic E-state index is -0.736. The number of carbonyl (C=O) groups is 1. The number of hydrogen-bond donors (Lipinski definition) is 1. The first-order valence-electron chi connectivity index (χ1n) is 8.39. The molecule has 2 heterocycles. The maximum atomic E-state index is 14.1. The summed E-state index contributed by atoms with van der Waals surface area (Å²) in [5, 5.41) is 7.20. The Labute approximate surface area is 145 Å². The number of likely N-dealkylation sites (tertiary alicyclic amines) is 1. The molecule has 0 unspecified atom stereocenters. The summed E-state index contributed by atoms with van der Waals surface area (Å²) in [5.41, 5.74) is 0.620. The van der Waals surface area contributed by atoms with Gasteiger partial charge in [0.05, 0.1) is 5.56 Å². The van der Waals surface area contributed by atoms with Gasteiger partial charge in [-0.2, -0.15) is 5.10 Å². The number of halogens is 2. The van der Waals surface area contributed by atoms with Crippen LogP contribution in [0.25, 0.3) is 11.3 Å². The van der Waals surface area contributed by atoms with Crippen LogP contribution in [-0.2, 0) is 7.05 Å². The molecule has 1 N–H and O–H groups in total. The molecule has 1 aromatic heterocycles. The number of amides is 1. The van der Waals surface area contributed by atoms with Gasteiger partial charge in [-0.25, -0.2) is 8.78 Å². The predicted molar refractivity (Wildman–Crippen MR) is 91.1 cm³/mol. The first-order chi connectivity index (χ1) is 11.8. The highest BCUT2D eigenvalue weighted by atomic mass is 19.1. The van der Waals surface area contributed by atoms with Gasteiger partial charge in [0.1, 0.15) is 17.3 Å². The van der Waals surface area contributed by atoms with E-state index in [4.69, 9.17) is 0 Å². The van der Waals surface area contributed by atoms with Crippen molar-refractivity contribution in [3.8, 4) is 11.3 Å². The van der Waals surface area contributed by atoms with Crippen LogP contribution in [0, 0.1) is 11.6 Å². The van der Waals surface area contributed by atoms with E-state index in [2.05, 4.69) is 29.2 Å². The minimum Gasteiger partial charge on any atom is -0.348 e. The zero-order valence-electron chi connectivity index (χ0n) is 14.6. The fourth-order valence-electron chi connectivity index (χ4n) is 3.17. The third kappa shape index (κ3) is 3.71. The first kappa shape index (κ1) is 17.5. The number of hydrogen-bond acceptors (Lipinski definition) is 3. The van der Waals surface area contributed by atoms with E-state index in [0.29, 0.717) is 6.04 Å². The molecule has 25 heavy (non-hydrogen) atoms. The summed E-state index contributed by atoms with van der Waals surface area (Å²) in [5.74, 6) is -1.69. The maximum Gasteiger partial charge on any atom is 0.255 e. The van der Waals surface area contributed by atoms with Crippen molar-refractivity contribution >= 4 is 5.91 Å². The van der Waals surface area contributed by atoms with E-state index in [1.54, 1.807) is 13.2 Å². The smallest absolute Gasteiger partial charge is 0.255 e. The van der Waals surface area contributed by atoms with Gasteiger partial charge in [0, 0.05) is 50.0 Å². The Balaban J connectivity index is 1.82. The number of rotatable bonds is 4. The van der Waals surface area contributed by atoms with Crippen LogP contribution in [0.4, 0.5) is 8.78 Å². The van der Waals surface area contributed by atoms with E-state index >= 15 is 0 Å². The summed E-state index contributed by atoms with van der Waals surface area (Å²) in [4.78, 5) is 15.0. The molecule has 0 saturated carbocycles. The van der Waals surface area contributed by atoms with Crippen LogP contribution >= 0.6 is 0 Å². The van der Waals surface area contributed by atoms with E-state index in [1.165, 1.54) is 10.7 Å². The standard InChI is InChI=1S/C18H22F2N4O/c1-11(2)24-7-6-13(9-24)21-18(25)15-10-23(3)22-17(15)14-5-4-12(19)8-16(14)20/h4-5,8,10-11,13H,6-7,9H2,1-3H3,(H,21,25)/t13-/m0/s1. The van der Waals surface area contributed by atoms with Crippen LogP contribution < -0.4 is 5.32 Å². The quantitative estimate of drug-likeness (QED) is 0.924. The number of nitrogens with zero attached hydrogens (tertiary/aromatic N) is 3. The molecule has 134 valence electrons. The van der Waals surface area contributed by atoms with Gasteiger partial charge in [-0.1, -0.05) is 0 Å². The highest BCUT2D eigenvalue weighted by Gasteiger charge is 2.27. The normalized spacial score (nSPS) is 18.1. The molecule has 2 aromatic rings. The first-order valence-corrected chi connectivity index (χ1v) is 8.39. The van der Waals surface area contributed by atoms with Crippen molar-refractivity contribution in [2.24, 2.45) is 7.05 Å². The van der Waals surface area contributed by atoms with E-state index in [1.807, 2.05) is 0 Å². The molecule has 1 atom stereocenters. The summed E-state index contributed by atoms with van der Waals surface area (Å²) in [6, 6.07) is 3.75. The summed E-state index contributed by atoms with van der Waals surface area (Å²) in [6.07, 6.45) is 2.44.